The Morgan fingerprint density at radius 1 is 1.20 bits per heavy atom. The Morgan fingerprint density at radius 2 is 1.95 bits per heavy atom. The second kappa shape index (κ2) is 7.10. The van der Waals surface area contributed by atoms with Gasteiger partial charge in [-0.05, 0) is 37.6 Å². The van der Waals surface area contributed by atoms with Crippen LogP contribution in [0.4, 0.5) is 0 Å². The van der Waals surface area contributed by atoms with Crippen LogP contribution in [-0.2, 0) is 7.05 Å². The molecule has 0 aliphatic heterocycles. The van der Waals surface area contributed by atoms with Crippen molar-refractivity contribution in [2.24, 2.45) is 7.05 Å². The first kappa shape index (κ1) is 14.6. The lowest BCUT2D eigenvalue weighted by atomic mass is 10.0. The van der Waals surface area contributed by atoms with Crippen molar-refractivity contribution in [3.8, 4) is 5.75 Å². The molecule has 1 heterocycles. The van der Waals surface area contributed by atoms with Gasteiger partial charge in [-0.3, -0.25) is 4.68 Å². The van der Waals surface area contributed by atoms with E-state index in [2.05, 4.69) is 35.7 Å². The van der Waals surface area contributed by atoms with Crippen LogP contribution < -0.4 is 10.1 Å². The molecule has 2 rings (SSSR count). The van der Waals surface area contributed by atoms with Gasteiger partial charge >= 0.3 is 0 Å². The Kier molecular flexibility index (Phi) is 5.18. The van der Waals surface area contributed by atoms with Crippen molar-refractivity contribution in [3.63, 3.8) is 0 Å². The molecular formula is C16H23N3O. The fraction of sp³-hybridized carbons (Fsp3) is 0.438. The summed E-state index contributed by atoms with van der Waals surface area (Å²) in [5.41, 5.74) is 2.42. The first-order valence-electron chi connectivity index (χ1n) is 7.19. The van der Waals surface area contributed by atoms with E-state index in [1.807, 2.05) is 37.0 Å². The van der Waals surface area contributed by atoms with Crippen LogP contribution in [0.3, 0.4) is 0 Å². The summed E-state index contributed by atoms with van der Waals surface area (Å²) in [6, 6.07) is 8.46. The van der Waals surface area contributed by atoms with Gasteiger partial charge in [-0.15, -0.1) is 0 Å². The summed E-state index contributed by atoms with van der Waals surface area (Å²) in [6.07, 6.45) is 5.08. The topological polar surface area (TPSA) is 39.1 Å². The van der Waals surface area contributed by atoms with Crippen LogP contribution in [0, 0.1) is 0 Å². The van der Waals surface area contributed by atoms with Gasteiger partial charge < -0.3 is 10.1 Å². The molecule has 20 heavy (non-hydrogen) atoms. The molecule has 4 heteroatoms. The molecule has 0 saturated heterocycles. The van der Waals surface area contributed by atoms with Crippen LogP contribution in [0.15, 0.2) is 36.7 Å². The summed E-state index contributed by atoms with van der Waals surface area (Å²) in [4.78, 5) is 0. The molecule has 1 aromatic carbocycles. The highest BCUT2D eigenvalue weighted by atomic mass is 16.5. The lowest BCUT2D eigenvalue weighted by Gasteiger charge is -2.18. The number of hydrogen-bond donors (Lipinski definition) is 1. The van der Waals surface area contributed by atoms with Gasteiger partial charge in [0.2, 0.25) is 0 Å². The average molecular weight is 273 g/mol. The van der Waals surface area contributed by atoms with E-state index in [0.29, 0.717) is 6.61 Å². The van der Waals surface area contributed by atoms with E-state index in [-0.39, 0.29) is 6.04 Å². The van der Waals surface area contributed by atoms with Crippen molar-refractivity contribution in [1.82, 2.24) is 15.1 Å². The molecule has 1 N–H and O–H groups in total. The zero-order chi connectivity index (χ0) is 14.4. The summed E-state index contributed by atoms with van der Waals surface area (Å²) >= 11 is 0. The highest BCUT2D eigenvalue weighted by molar-refractivity contribution is 5.34. The maximum atomic E-state index is 5.49. The fourth-order valence-electron chi connectivity index (χ4n) is 2.23. The van der Waals surface area contributed by atoms with Gasteiger partial charge in [0.1, 0.15) is 5.75 Å². The molecule has 0 amide bonds. The maximum absolute atomic E-state index is 5.49. The van der Waals surface area contributed by atoms with Crippen molar-refractivity contribution in [2.45, 2.75) is 26.3 Å². The molecule has 0 fully saturated rings. The van der Waals surface area contributed by atoms with E-state index < -0.39 is 0 Å². The molecular weight excluding hydrogens is 250 g/mol. The number of benzene rings is 1. The van der Waals surface area contributed by atoms with E-state index in [0.717, 1.165) is 18.7 Å². The number of nitrogens with zero attached hydrogens (tertiary/aromatic N) is 2. The van der Waals surface area contributed by atoms with E-state index in [9.17, 15) is 0 Å². The smallest absolute Gasteiger partial charge is 0.119 e. The Bertz CT molecular complexity index is 519. The lowest BCUT2D eigenvalue weighted by Crippen LogP contribution is -2.22. The minimum Gasteiger partial charge on any atom is -0.494 e. The number of ether oxygens (including phenoxy) is 1. The van der Waals surface area contributed by atoms with Crippen molar-refractivity contribution < 1.29 is 4.74 Å². The first-order chi connectivity index (χ1) is 9.74. The quantitative estimate of drug-likeness (QED) is 0.843. The average Bonchev–Trinajstić information content (AvgIpc) is 2.88. The Morgan fingerprint density at radius 3 is 2.50 bits per heavy atom. The predicted octanol–water partition coefficient (Wildman–Crippen LogP) is 2.91. The van der Waals surface area contributed by atoms with E-state index >= 15 is 0 Å². The zero-order valence-electron chi connectivity index (χ0n) is 12.5. The maximum Gasteiger partial charge on any atom is 0.119 e. The van der Waals surface area contributed by atoms with Crippen LogP contribution in [0.25, 0.3) is 0 Å². The fourth-order valence-corrected chi connectivity index (χ4v) is 2.23. The third-order valence-electron chi connectivity index (χ3n) is 3.18. The highest BCUT2D eigenvalue weighted by Gasteiger charge is 2.14. The second-order valence-electron chi connectivity index (χ2n) is 4.84. The van der Waals surface area contributed by atoms with Crippen molar-refractivity contribution >= 4 is 0 Å². The van der Waals surface area contributed by atoms with Crippen LogP contribution in [0.2, 0.25) is 0 Å². The van der Waals surface area contributed by atoms with Gasteiger partial charge in [0, 0.05) is 18.8 Å². The molecule has 0 spiro atoms. The van der Waals surface area contributed by atoms with Crippen LogP contribution in [-0.4, -0.2) is 22.9 Å². The molecule has 0 radical (unpaired) electrons. The molecule has 0 aliphatic carbocycles. The van der Waals surface area contributed by atoms with Gasteiger partial charge in [-0.1, -0.05) is 19.1 Å². The normalized spacial score (nSPS) is 12.3. The third kappa shape index (κ3) is 3.61. The van der Waals surface area contributed by atoms with Gasteiger partial charge in [0.25, 0.3) is 0 Å². The van der Waals surface area contributed by atoms with Crippen LogP contribution in [0.1, 0.15) is 37.4 Å². The Balaban J connectivity index is 2.21. The largest absolute Gasteiger partial charge is 0.494 e. The lowest BCUT2D eigenvalue weighted by molar-refractivity contribution is 0.340. The molecule has 108 valence electrons. The van der Waals surface area contributed by atoms with E-state index in [1.54, 1.807) is 0 Å². The van der Waals surface area contributed by atoms with Gasteiger partial charge in [-0.25, -0.2) is 0 Å². The Hall–Kier alpha value is -1.81. The highest BCUT2D eigenvalue weighted by Crippen LogP contribution is 2.23. The standard InChI is InChI=1S/C16H23N3O/c1-4-10-17-16(14-11-18-19(3)12-14)13-6-8-15(9-7-13)20-5-2/h6-9,11-12,16-17H,4-5,10H2,1-3H3. The molecule has 1 unspecified atom stereocenters. The zero-order valence-corrected chi connectivity index (χ0v) is 12.5. The SMILES string of the molecule is CCCNC(c1ccc(OCC)cc1)c1cnn(C)c1. The molecule has 2 aromatic rings. The molecule has 0 aliphatic rings. The van der Waals surface area contributed by atoms with E-state index in [1.165, 1.54) is 11.1 Å². The van der Waals surface area contributed by atoms with Crippen molar-refractivity contribution in [3.05, 3.63) is 47.8 Å². The van der Waals surface area contributed by atoms with Gasteiger partial charge in [0.15, 0.2) is 0 Å². The monoisotopic (exact) mass is 273 g/mol. The van der Waals surface area contributed by atoms with Gasteiger partial charge in [0.05, 0.1) is 18.8 Å². The number of aromatic nitrogens is 2. The number of rotatable bonds is 7. The summed E-state index contributed by atoms with van der Waals surface area (Å²) in [7, 11) is 1.94. The summed E-state index contributed by atoms with van der Waals surface area (Å²) < 4.78 is 7.33. The molecule has 0 saturated carbocycles. The molecule has 0 bridgehead atoms. The summed E-state index contributed by atoms with van der Waals surface area (Å²) in [5, 5.41) is 7.84. The Labute approximate surface area is 120 Å². The first-order valence-corrected chi connectivity index (χ1v) is 7.19. The molecule has 1 aromatic heterocycles. The van der Waals surface area contributed by atoms with Crippen LogP contribution >= 0.6 is 0 Å². The van der Waals surface area contributed by atoms with E-state index in [4.69, 9.17) is 4.74 Å². The number of hydrogen-bond acceptors (Lipinski definition) is 3. The molecule has 4 nitrogen and oxygen atoms in total. The summed E-state index contributed by atoms with van der Waals surface area (Å²) in [6.45, 7) is 5.84. The van der Waals surface area contributed by atoms with Crippen molar-refractivity contribution in [2.75, 3.05) is 13.2 Å². The van der Waals surface area contributed by atoms with Crippen molar-refractivity contribution in [1.29, 1.82) is 0 Å². The van der Waals surface area contributed by atoms with Crippen LogP contribution in [0.5, 0.6) is 5.75 Å². The minimum atomic E-state index is 0.180. The molecule has 1 atom stereocenters. The number of aryl methyl sites for hydroxylation is 1. The predicted molar refractivity (Wildman–Crippen MR) is 81.0 cm³/mol. The van der Waals surface area contributed by atoms with Gasteiger partial charge in [-0.2, -0.15) is 5.10 Å². The minimum absolute atomic E-state index is 0.180. The second-order valence-corrected chi connectivity index (χ2v) is 4.84. The number of nitrogens with one attached hydrogen (secondary N) is 1. The summed E-state index contributed by atoms with van der Waals surface area (Å²) in [5.74, 6) is 0.914. The third-order valence-corrected chi connectivity index (χ3v) is 3.18.